The lowest BCUT2D eigenvalue weighted by Gasteiger charge is -2.24. The van der Waals surface area contributed by atoms with Crippen molar-refractivity contribution in [3.63, 3.8) is 0 Å². The summed E-state index contributed by atoms with van der Waals surface area (Å²) in [6.45, 7) is 0.731. The Morgan fingerprint density at radius 1 is 1.56 bits per heavy atom. The first kappa shape index (κ1) is 11.7. The third-order valence-electron chi connectivity index (χ3n) is 3.09. The van der Waals surface area contributed by atoms with Crippen LogP contribution in [0, 0.1) is 5.82 Å². The number of rotatable bonds is 3. The number of hydrogen-bond acceptors (Lipinski definition) is 3. The van der Waals surface area contributed by atoms with Gasteiger partial charge in [0.2, 0.25) is 0 Å². The highest BCUT2D eigenvalue weighted by Gasteiger charge is 2.20. The minimum Gasteiger partial charge on any atom is -0.396 e. The van der Waals surface area contributed by atoms with Crippen molar-refractivity contribution < 1.29 is 4.39 Å². The second-order valence-corrected chi connectivity index (χ2v) is 5.39. The van der Waals surface area contributed by atoms with E-state index in [4.69, 9.17) is 5.73 Å². The molecule has 1 aromatic carbocycles. The molecule has 1 aliphatic heterocycles. The fourth-order valence-corrected chi connectivity index (χ4v) is 3.29. The molecule has 0 aromatic heterocycles. The number of anilines is 1. The summed E-state index contributed by atoms with van der Waals surface area (Å²) < 4.78 is 13.3. The second kappa shape index (κ2) is 5.06. The Hall–Kier alpha value is -0.740. The van der Waals surface area contributed by atoms with E-state index in [2.05, 4.69) is 11.9 Å². The van der Waals surface area contributed by atoms with Crippen LogP contribution in [0.4, 0.5) is 10.1 Å². The van der Waals surface area contributed by atoms with Gasteiger partial charge in [-0.1, -0.05) is 12.1 Å². The van der Waals surface area contributed by atoms with Crippen LogP contribution in [0.3, 0.4) is 0 Å². The molecular formula is C12H17FN2S. The van der Waals surface area contributed by atoms with Crippen molar-refractivity contribution in [1.29, 1.82) is 0 Å². The third kappa shape index (κ3) is 2.50. The fraction of sp³-hybridized carbons (Fsp3) is 0.500. The van der Waals surface area contributed by atoms with Crippen molar-refractivity contribution in [2.45, 2.75) is 19.0 Å². The number of benzene rings is 1. The molecule has 1 atom stereocenters. The zero-order chi connectivity index (χ0) is 11.5. The van der Waals surface area contributed by atoms with Gasteiger partial charge in [0.1, 0.15) is 5.82 Å². The number of hydrogen-bond donors (Lipinski definition) is 1. The zero-order valence-electron chi connectivity index (χ0n) is 9.45. The van der Waals surface area contributed by atoms with Gasteiger partial charge in [0, 0.05) is 18.3 Å². The van der Waals surface area contributed by atoms with Crippen LogP contribution in [0.2, 0.25) is 0 Å². The van der Waals surface area contributed by atoms with Crippen LogP contribution in [0.15, 0.2) is 18.2 Å². The maximum absolute atomic E-state index is 13.3. The van der Waals surface area contributed by atoms with E-state index in [-0.39, 0.29) is 5.82 Å². The molecule has 2 nitrogen and oxygen atoms in total. The van der Waals surface area contributed by atoms with E-state index in [1.807, 2.05) is 17.8 Å². The standard InChI is InChI=1S/C12H17FN2S/c1-15(10-5-6-16-8-10)7-9-3-2-4-11(13)12(9)14/h2-4,10H,5-8,14H2,1H3. The summed E-state index contributed by atoms with van der Waals surface area (Å²) >= 11 is 1.98. The van der Waals surface area contributed by atoms with E-state index in [9.17, 15) is 4.39 Å². The highest BCUT2D eigenvalue weighted by atomic mass is 32.2. The van der Waals surface area contributed by atoms with Crippen LogP contribution >= 0.6 is 11.8 Å². The van der Waals surface area contributed by atoms with Crippen LogP contribution < -0.4 is 5.73 Å². The maximum Gasteiger partial charge on any atom is 0.146 e. The van der Waals surface area contributed by atoms with Crippen molar-refractivity contribution in [2.75, 3.05) is 24.3 Å². The lowest BCUT2D eigenvalue weighted by molar-refractivity contribution is 0.254. The minimum absolute atomic E-state index is 0.292. The monoisotopic (exact) mass is 240 g/mol. The van der Waals surface area contributed by atoms with Gasteiger partial charge >= 0.3 is 0 Å². The largest absolute Gasteiger partial charge is 0.396 e. The average molecular weight is 240 g/mol. The van der Waals surface area contributed by atoms with Crippen LogP contribution in [0.25, 0.3) is 0 Å². The van der Waals surface area contributed by atoms with Gasteiger partial charge in [-0.25, -0.2) is 4.39 Å². The van der Waals surface area contributed by atoms with Crippen molar-refractivity contribution >= 4 is 17.4 Å². The number of para-hydroxylation sites is 1. The van der Waals surface area contributed by atoms with Crippen LogP contribution in [0.1, 0.15) is 12.0 Å². The highest BCUT2D eigenvalue weighted by molar-refractivity contribution is 7.99. The highest BCUT2D eigenvalue weighted by Crippen LogP contribution is 2.24. The summed E-state index contributed by atoms with van der Waals surface area (Å²) in [4.78, 5) is 2.27. The summed E-state index contributed by atoms with van der Waals surface area (Å²) in [5.74, 6) is 2.09. The third-order valence-corrected chi connectivity index (χ3v) is 4.24. The summed E-state index contributed by atoms with van der Waals surface area (Å²) in [5.41, 5.74) is 6.90. The lowest BCUT2D eigenvalue weighted by Crippen LogP contribution is -2.31. The van der Waals surface area contributed by atoms with E-state index >= 15 is 0 Å². The summed E-state index contributed by atoms with van der Waals surface area (Å²) in [5, 5.41) is 0. The van der Waals surface area contributed by atoms with Crippen molar-refractivity contribution in [3.8, 4) is 0 Å². The molecule has 1 aromatic rings. The van der Waals surface area contributed by atoms with Gasteiger partial charge in [-0.05, 0) is 30.9 Å². The molecule has 1 unspecified atom stereocenters. The molecule has 1 fully saturated rings. The molecular weight excluding hydrogens is 223 g/mol. The molecule has 2 rings (SSSR count). The van der Waals surface area contributed by atoms with E-state index in [0.717, 1.165) is 12.1 Å². The topological polar surface area (TPSA) is 29.3 Å². The molecule has 2 N–H and O–H groups in total. The Kier molecular flexibility index (Phi) is 3.71. The van der Waals surface area contributed by atoms with Crippen LogP contribution in [0.5, 0.6) is 0 Å². The minimum atomic E-state index is -0.313. The Bertz CT molecular complexity index is 364. The smallest absolute Gasteiger partial charge is 0.146 e. The summed E-state index contributed by atoms with van der Waals surface area (Å²) in [6.07, 6.45) is 1.22. The molecule has 1 heterocycles. The Morgan fingerprint density at radius 2 is 2.38 bits per heavy atom. The summed E-state index contributed by atoms with van der Waals surface area (Å²) in [6, 6.07) is 5.63. The fourth-order valence-electron chi connectivity index (χ4n) is 1.99. The van der Waals surface area contributed by atoms with Gasteiger partial charge in [0.25, 0.3) is 0 Å². The predicted molar refractivity (Wildman–Crippen MR) is 68.0 cm³/mol. The molecule has 0 bridgehead atoms. The van der Waals surface area contributed by atoms with E-state index in [1.54, 1.807) is 6.07 Å². The molecule has 88 valence electrons. The van der Waals surface area contributed by atoms with Crippen molar-refractivity contribution in [1.82, 2.24) is 4.90 Å². The molecule has 16 heavy (non-hydrogen) atoms. The quantitative estimate of drug-likeness (QED) is 0.822. The van der Waals surface area contributed by atoms with Crippen LogP contribution in [-0.4, -0.2) is 29.5 Å². The number of nitrogens with two attached hydrogens (primary N) is 1. The van der Waals surface area contributed by atoms with E-state index < -0.39 is 0 Å². The first-order valence-corrected chi connectivity index (χ1v) is 6.65. The Labute approximate surface area is 100 Å². The van der Waals surface area contributed by atoms with Gasteiger partial charge < -0.3 is 5.73 Å². The van der Waals surface area contributed by atoms with E-state index in [1.165, 1.54) is 24.0 Å². The van der Waals surface area contributed by atoms with E-state index in [0.29, 0.717) is 11.7 Å². The molecule has 0 radical (unpaired) electrons. The molecule has 1 aliphatic rings. The summed E-state index contributed by atoms with van der Waals surface area (Å²) in [7, 11) is 2.08. The molecule has 0 saturated carbocycles. The van der Waals surface area contributed by atoms with Gasteiger partial charge in [0.05, 0.1) is 5.69 Å². The molecule has 1 saturated heterocycles. The zero-order valence-corrected chi connectivity index (χ0v) is 10.3. The van der Waals surface area contributed by atoms with Gasteiger partial charge in [-0.15, -0.1) is 0 Å². The Morgan fingerprint density at radius 3 is 3.06 bits per heavy atom. The number of nitrogens with zero attached hydrogens (tertiary/aromatic N) is 1. The van der Waals surface area contributed by atoms with Crippen molar-refractivity contribution in [2.24, 2.45) is 0 Å². The van der Waals surface area contributed by atoms with Gasteiger partial charge in [0.15, 0.2) is 0 Å². The first-order valence-electron chi connectivity index (χ1n) is 5.49. The molecule has 4 heteroatoms. The molecule has 0 spiro atoms. The second-order valence-electron chi connectivity index (χ2n) is 4.25. The van der Waals surface area contributed by atoms with Gasteiger partial charge in [-0.2, -0.15) is 11.8 Å². The normalized spacial score (nSPS) is 20.6. The number of halogens is 1. The predicted octanol–water partition coefficient (Wildman–Crippen LogP) is 2.35. The maximum atomic E-state index is 13.3. The van der Waals surface area contributed by atoms with Crippen LogP contribution in [-0.2, 0) is 6.54 Å². The Balaban J connectivity index is 2.05. The lowest BCUT2D eigenvalue weighted by atomic mass is 10.1. The first-order chi connectivity index (χ1) is 7.68. The van der Waals surface area contributed by atoms with Crippen molar-refractivity contribution in [3.05, 3.63) is 29.6 Å². The average Bonchev–Trinajstić information content (AvgIpc) is 2.78. The molecule has 0 aliphatic carbocycles. The molecule has 0 amide bonds. The number of thioether (sulfide) groups is 1. The SMILES string of the molecule is CN(Cc1cccc(F)c1N)C1CCSC1. The van der Waals surface area contributed by atoms with Gasteiger partial charge in [-0.3, -0.25) is 4.90 Å². The number of nitrogen functional groups attached to an aromatic ring is 1.